The van der Waals surface area contributed by atoms with Crippen molar-refractivity contribution >= 4 is 81.2 Å². The van der Waals surface area contributed by atoms with Crippen LogP contribution in [0.2, 0.25) is 10.0 Å². The van der Waals surface area contributed by atoms with Crippen LogP contribution < -0.4 is 16.0 Å². The standard InChI is InChI=1S/C25H13Cl4F6N3O3/c26-11-3-8(1-2-12(11)30)18-19(25(18,28)29)23(40)36-9-4-10(20(27)15(33)5-9)22(39)37-16-7-17(14(32)6-13(16)31)38-24(41)21(34)35/h1-7,18-19,21H,(H,36,40)(H,37,39)(H,38,41)/t18-,19+/m0/s1. The summed E-state index contributed by atoms with van der Waals surface area (Å²) in [6, 6.07) is 6.07. The maximum Gasteiger partial charge on any atom is 0.315 e. The molecule has 0 aromatic heterocycles. The quantitative estimate of drug-likeness (QED) is 0.181. The van der Waals surface area contributed by atoms with Crippen LogP contribution in [0.5, 0.6) is 0 Å². The molecule has 1 saturated carbocycles. The molecule has 6 nitrogen and oxygen atoms in total. The molecule has 0 saturated heterocycles. The van der Waals surface area contributed by atoms with E-state index in [1.807, 2.05) is 5.32 Å². The smallest absolute Gasteiger partial charge is 0.315 e. The number of hydrogen-bond acceptors (Lipinski definition) is 3. The van der Waals surface area contributed by atoms with E-state index in [1.54, 1.807) is 0 Å². The number of amides is 3. The van der Waals surface area contributed by atoms with Crippen LogP contribution in [0.4, 0.5) is 43.4 Å². The van der Waals surface area contributed by atoms with Gasteiger partial charge in [0, 0.05) is 17.7 Å². The van der Waals surface area contributed by atoms with E-state index in [0.717, 1.165) is 18.2 Å². The summed E-state index contributed by atoms with van der Waals surface area (Å²) in [6.07, 6.45) is -3.51. The minimum Gasteiger partial charge on any atom is -0.326 e. The van der Waals surface area contributed by atoms with Gasteiger partial charge in [0.25, 0.3) is 11.8 Å². The molecule has 1 fully saturated rings. The molecule has 0 heterocycles. The first kappa shape index (κ1) is 30.8. The largest absolute Gasteiger partial charge is 0.326 e. The summed E-state index contributed by atoms with van der Waals surface area (Å²) in [5.74, 6) is -10.5. The predicted molar refractivity (Wildman–Crippen MR) is 141 cm³/mol. The minimum absolute atomic E-state index is 0.209. The molecule has 0 aliphatic heterocycles. The van der Waals surface area contributed by atoms with Gasteiger partial charge in [0.2, 0.25) is 5.91 Å². The lowest BCUT2D eigenvalue weighted by molar-refractivity contribution is -0.126. The minimum atomic E-state index is -3.51. The van der Waals surface area contributed by atoms with Crippen molar-refractivity contribution in [3.63, 3.8) is 0 Å². The second kappa shape index (κ2) is 11.6. The highest BCUT2D eigenvalue weighted by molar-refractivity contribution is 6.53. The van der Waals surface area contributed by atoms with Gasteiger partial charge in [-0.1, -0.05) is 29.3 Å². The fourth-order valence-electron chi connectivity index (χ4n) is 3.94. The van der Waals surface area contributed by atoms with Crippen molar-refractivity contribution in [2.24, 2.45) is 5.92 Å². The van der Waals surface area contributed by atoms with Gasteiger partial charge >= 0.3 is 6.43 Å². The van der Waals surface area contributed by atoms with Crippen molar-refractivity contribution in [1.82, 2.24) is 0 Å². The molecular weight excluding hydrogens is 646 g/mol. The van der Waals surface area contributed by atoms with Gasteiger partial charge in [-0.25, -0.2) is 17.6 Å². The number of nitrogens with one attached hydrogen (secondary N) is 3. The van der Waals surface area contributed by atoms with Crippen LogP contribution in [0, 0.1) is 29.2 Å². The van der Waals surface area contributed by atoms with E-state index in [2.05, 4.69) is 5.32 Å². The fraction of sp³-hybridized carbons (Fsp3) is 0.160. The number of hydrogen-bond donors (Lipinski definition) is 3. The molecule has 16 heteroatoms. The normalized spacial score (nSPS) is 17.2. The Labute approximate surface area is 246 Å². The molecule has 3 aromatic carbocycles. The molecule has 41 heavy (non-hydrogen) atoms. The fourth-order valence-corrected chi connectivity index (χ4v) is 5.15. The monoisotopic (exact) mass is 657 g/mol. The van der Waals surface area contributed by atoms with Crippen LogP contribution in [0.1, 0.15) is 21.8 Å². The van der Waals surface area contributed by atoms with Gasteiger partial charge in [-0.05, 0) is 35.9 Å². The van der Waals surface area contributed by atoms with Gasteiger partial charge in [-0.2, -0.15) is 8.78 Å². The molecule has 3 amide bonds. The van der Waals surface area contributed by atoms with Crippen LogP contribution >= 0.6 is 46.4 Å². The van der Waals surface area contributed by atoms with E-state index in [4.69, 9.17) is 46.4 Å². The predicted octanol–water partition coefficient (Wildman–Crippen LogP) is 7.53. The van der Waals surface area contributed by atoms with Crippen molar-refractivity contribution in [1.29, 1.82) is 0 Å². The molecule has 1 aliphatic carbocycles. The number of alkyl halides is 4. The van der Waals surface area contributed by atoms with Gasteiger partial charge in [0.05, 0.1) is 32.9 Å². The van der Waals surface area contributed by atoms with Gasteiger partial charge in [0.15, 0.2) is 0 Å². The van der Waals surface area contributed by atoms with Crippen LogP contribution in [-0.2, 0) is 9.59 Å². The van der Waals surface area contributed by atoms with Gasteiger partial charge in [-0.3, -0.25) is 14.4 Å². The lowest BCUT2D eigenvalue weighted by atomic mass is 10.1. The molecule has 3 aromatic rings. The average Bonchev–Trinajstić information content (AvgIpc) is 3.47. The maximum absolute atomic E-state index is 14.6. The Morgan fingerprint density at radius 2 is 1.41 bits per heavy atom. The second-order valence-electron chi connectivity index (χ2n) is 8.67. The summed E-state index contributed by atoms with van der Waals surface area (Å²) >= 11 is 24.2. The van der Waals surface area contributed by atoms with Crippen molar-refractivity contribution in [3.8, 4) is 0 Å². The Morgan fingerprint density at radius 1 is 0.780 bits per heavy atom. The number of halogens is 10. The van der Waals surface area contributed by atoms with Crippen molar-refractivity contribution < 1.29 is 40.7 Å². The maximum atomic E-state index is 14.6. The number of carbonyl (C=O) groups is 3. The molecule has 4 rings (SSSR count). The molecule has 1 aliphatic rings. The molecule has 3 N–H and O–H groups in total. The number of rotatable bonds is 7. The highest BCUT2D eigenvalue weighted by Gasteiger charge is 2.67. The third kappa shape index (κ3) is 6.35. The van der Waals surface area contributed by atoms with Crippen molar-refractivity contribution in [2.75, 3.05) is 16.0 Å². The Hall–Kier alpha value is -3.19. The molecule has 2 atom stereocenters. The third-order valence-corrected chi connectivity index (χ3v) is 7.55. The summed E-state index contributed by atoms with van der Waals surface area (Å²) in [6.45, 7) is 0. The average molecular weight is 659 g/mol. The van der Waals surface area contributed by atoms with E-state index in [-0.39, 0.29) is 16.8 Å². The summed E-state index contributed by atoms with van der Waals surface area (Å²) in [5.41, 5.74) is -2.21. The number of carbonyl (C=O) groups excluding carboxylic acids is 3. The van der Waals surface area contributed by atoms with E-state index < -0.39 is 85.5 Å². The lowest BCUT2D eigenvalue weighted by Gasteiger charge is -2.13. The molecule has 0 unspecified atom stereocenters. The third-order valence-electron chi connectivity index (χ3n) is 5.94. The molecule has 0 spiro atoms. The molecule has 216 valence electrons. The first-order valence-corrected chi connectivity index (χ1v) is 12.6. The lowest BCUT2D eigenvalue weighted by Crippen LogP contribution is -2.21. The Morgan fingerprint density at radius 3 is 2.02 bits per heavy atom. The van der Waals surface area contributed by atoms with E-state index >= 15 is 0 Å². The highest BCUT2D eigenvalue weighted by atomic mass is 35.5. The zero-order valence-corrected chi connectivity index (χ0v) is 22.8. The van der Waals surface area contributed by atoms with Gasteiger partial charge in [-0.15, -0.1) is 23.2 Å². The summed E-state index contributed by atoms with van der Waals surface area (Å²) in [5, 5.41) is 4.85. The number of benzene rings is 3. The van der Waals surface area contributed by atoms with Gasteiger partial charge < -0.3 is 16.0 Å². The molecular formula is C25H13Cl4F6N3O3. The summed E-state index contributed by atoms with van der Waals surface area (Å²) < 4.78 is 79.7. The highest BCUT2D eigenvalue weighted by Crippen LogP contribution is 2.65. The number of anilines is 3. The molecule has 0 radical (unpaired) electrons. The van der Waals surface area contributed by atoms with Crippen LogP contribution in [0.15, 0.2) is 42.5 Å². The first-order valence-electron chi connectivity index (χ1n) is 11.1. The second-order valence-corrected chi connectivity index (χ2v) is 10.9. The topological polar surface area (TPSA) is 87.3 Å². The van der Waals surface area contributed by atoms with E-state index in [1.165, 1.54) is 17.4 Å². The Kier molecular flexibility index (Phi) is 8.70. The van der Waals surface area contributed by atoms with Crippen LogP contribution in [0.3, 0.4) is 0 Å². The van der Waals surface area contributed by atoms with Crippen molar-refractivity contribution in [3.05, 3.63) is 86.9 Å². The van der Waals surface area contributed by atoms with E-state index in [9.17, 15) is 40.7 Å². The van der Waals surface area contributed by atoms with Gasteiger partial charge in [0.1, 0.15) is 27.6 Å². The van der Waals surface area contributed by atoms with Crippen LogP contribution in [-0.4, -0.2) is 28.5 Å². The van der Waals surface area contributed by atoms with E-state index in [0.29, 0.717) is 11.6 Å². The SMILES string of the molecule is O=C(Nc1cc(NC(=O)C(F)F)c(F)cc1F)c1cc(NC(=O)[C@H]2[C@H](c3ccc(F)c(Cl)c3)C2(Cl)Cl)cc(F)c1Cl. The Balaban J connectivity index is 1.55. The summed E-state index contributed by atoms with van der Waals surface area (Å²) in [7, 11) is 0. The summed E-state index contributed by atoms with van der Waals surface area (Å²) in [4.78, 5) is 36.9. The Bertz CT molecular complexity index is 1590. The first-order chi connectivity index (χ1) is 19.1. The molecule has 0 bridgehead atoms. The zero-order chi connectivity index (χ0) is 30.4. The van der Waals surface area contributed by atoms with Crippen LogP contribution in [0.25, 0.3) is 0 Å². The van der Waals surface area contributed by atoms with Crippen molar-refractivity contribution in [2.45, 2.75) is 16.7 Å². The zero-order valence-electron chi connectivity index (χ0n) is 19.8.